The Morgan fingerprint density at radius 3 is 2.71 bits per heavy atom. The summed E-state index contributed by atoms with van der Waals surface area (Å²) in [7, 11) is 0. The van der Waals surface area contributed by atoms with Gasteiger partial charge in [-0.25, -0.2) is 0 Å². The van der Waals surface area contributed by atoms with E-state index >= 15 is 0 Å². The van der Waals surface area contributed by atoms with Gasteiger partial charge in [0.05, 0.1) is 12.0 Å². The van der Waals surface area contributed by atoms with E-state index in [0.717, 1.165) is 23.5 Å². The Morgan fingerprint density at radius 2 is 2.00 bits per heavy atom. The van der Waals surface area contributed by atoms with Gasteiger partial charge in [-0.05, 0) is 72.5 Å². The quantitative estimate of drug-likeness (QED) is 0.590. The molecular formula is C22H27NO. The van der Waals surface area contributed by atoms with Crippen molar-refractivity contribution in [2.24, 2.45) is 34.5 Å². The van der Waals surface area contributed by atoms with E-state index in [1.807, 2.05) is 6.08 Å². The third kappa shape index (κ3) is 1.91. The molecule has 4 aliphatic rings. The Labute approximate surface area is 145 Å². The Bertz CT molecular complexity index is 719. The number of allylic oxidation sites excluding steroid dienone is 2. The summed E-state index contributed by atoms with van der Waals surface area (Å²) in [6.07, 6.45) is 9.70. The van der Waals surface area contributed by atoms with Gasteiger partial charge < -0.3 is 0 Å². The molecule has 24 heavy (non-hydrogen) atoms. The second kappa shape index (κ2) is 5.21. The van der Waals surface area contributed by atoms with E-state index in [1.165, 1.54) is 32.1 Å². The van der Waals surface area contributed by atoms with Crippen LogP contribution in [0.2, 0.25) is 0 Å². The minimum absolute atomic E-state index is 0.0988. The van der Waals surface area contributed by atoms with Gasteiger partial charge in [0.15, 0.2) is 5.78 Å². The Hall–Kier alpha value is -1.58. The van der Waals surface area contributed by atoms with Crippen LogP contribution in [0.5, 0.6) is 0 Å². The summed E-state index contributed by atoms with van der Waals surface area (Å²) in [5, 5.41) is 9.83. The monoisotopic (exact) mass is 321 g/mol. The van der Waals surface area contributed by atoms with Crippen molar-refractivity contribution in [2.75, 3.05) is 0 Å². The van der Waals surface area contributed by atoms with Crippen LogP contribution in [0.25, 0.3) is 0 Å². The van der Waals surface area contributed by atoms with Gasteiger partial charge in [0.25, 0.3) is 0 Å². The molecule has 3 saturated carbocycles. The van der Waals surface area contributed by atoms with Gasteiger partial charge in [-0.1, -0.05) is 26.8 Å². The number of fused-ring (bicyclic) bond motifs is 5. The van der Waals surface area contributed by atoms with Crippen LogP contribution in [0.4, 0.5) is 0 Å². The molecule has 4 aliphatic carbocycles. The molecule has 0 aromatic rings. The maximum Gasteiger partial charge on any atom is 0.157 e. The minimum atomic E-state index is -0.202. The van der Waals surface area contributed by atoms with Gasteiger partial charge in [-0.3, -0.25) is 4.79 Å². The lowest BCUT2D eigenvalue weighted by atomic mass is 9.44. The minimum Gasteiger partial charge on any atom is -0.295 e. The maximum atomic E-state index is 12.2. The second-order valence-corrected chi connectivity index (χ2v) is 9.01. The standard InChI is InChI=1S/C22H27NO/c1-4-14-10-17-18-6-5-8-21(18,2)9-7-19(17)22(3)15(13-23)11-16(24)12-20(14)22/h12,15,17-19H,1,5-11H2,2-3H3/t15?,17-,18-,19-,21-,22+/m0/s1. The number of ketones is 1. The second-order valence-electron chi connectivity index (χ2n) is 9.01. The smallest absolute Gasteiger partial charge is 0.157 e. The molecule has 0 spiro atoms. The molecule has 1 unspecified atom stereocenters. The zero-order valence-electron chi connectivity index (χ0n) is 14.9. The molecule has 2 heteroatoms. The lowest BCUT2D eigenvalue weighted by molar-refractivity contribution is -0.118. The highest BCUT2D eigenvalue weighted by Crippen LogP contribution is 2.67. The molecule has 4 rings (SSSR count). The van der Waals surface area contributed by atoms with Crippen molar-refractivity contribution in [3.8, 4) is 6.07 Å². The molecular weight excluding hydrogens is 294 g/mol. The van der Waals surface area contributed by atoms with E-state index in [2.05, 4.69) is 32.2 Å². The average Bonchev–Trinajstić information content (AvgIpc) is 2.96. The molecule has 0 heterocycles. The Balaban J connectivity index is 1.85. The number of nitriles is 1. The molecule has 0 saturated heterocycles. The third-order valence-corrected chi connectivity index (χ3v) is 8.14. The summed E-state index contributed by atoms with van der Waals surface area (Å²) < 4.78 is 0. The summed E-state index contributed by atoms with van der Waals surface area (Å²) in [5.41, 5.74) is 5.64. The fourth-order valence-corrected chi connectivity index (χ4v) is 6.85. The van der Waals surface area contributed by atoms with E-state index in [4.69, 9.17) is 0 Å². The lowest BCUT2D eigenvalue weighted by Gasteiger charge is -2.58. The predicted molar refractivity (Wildman–Crippen MR) is 93.8 cm³/mol. The summed E-state index contributed by atoms with van der Waals surface area (Å²) in [6, 6.07) is 2.50. The van der Waals surface area contributed by atoms with Crippen LogP contribution in [-0.4, -0.2) is 5.78 Å². The SMILES string of the molecule is C=C=C1C[C@H]2[C@@H]3CCC[C@@]3(C)CC[C@@H]2[C@]2(C)C1=CC(=O)CC2C#N. The van der Waals surface area contributed by atoms with Gasteiger partial charge in [-0.15, -0.1) is 5.73 Å². The van der Waals surface area contributed by atoms with Crippen molar-refractivity contribution in [3.63, 3.8) is 0 Å². The van der Waals surface area contributed by atoms with E-state index < -0.39 is 0 Å². The van der Waals surface area contributed by atoms with Crippen molar-refractivity contribution in [1.82, 2.24) is 0 Å². The molecule has 0 aromatic carbocycles. The van der Waals surface area contributed by atoms with E-state index in [9.17, 15) is 10.1 Å². The molecule has 0 radical (unpaired) electrons. The first kappa shape index (κ1) is 15.9. The number of hydrogen-bond donors (Lipinski definition) is 0. The normalized spacial score (nSPS) is 47.0. The molecule has 0 N–H and O–H groups in total. The van der Waals surface area contributed by atoms with Crippen LogP contribution in [0.15, 0.2) is 29.5 Å². The summed E-state index contributed by atoms with van der Waals surface area (Å²) >= 11 is 0. The van der Waals surface area contributed by atoms with Gasteiger partial charge >= 0.3 is 0 Å². The van der Waals surface area contributed by atoms with Crippen LogP contribution >= 0.6 is 0 Å². The Kier molecular flexibility index (Phi) is 3.45. The van der Waals surface area contributed by atoms with Crippen molar-refractivity contribution < 1.29 is 4.79 Å². The molecule has 126 valence electrons. The van der Waals surface area contributed by atoms with Crippen LogP contribution < -0.4 is 0 Å². The number of carbonyl (C=O) groups excluding carboxylic acids is 1. The fraction of sp³-hybridized carbons (Fsp3) is 0.682. The van der Waals surface area contributed by atoms with Crippen molar-refractivity contribution in [3.05, 3.63) is 29.5 Å². The maximum absolute atomic E-state index is 12.2. The zero-order valence-corrected chi connectivity index (χ0v) is 14.9. The van der Waals surface area contributed by atoms with E-state index in [-0.39, 0.29) is 17.1 Å². The first-order chi connectivity index (χ1) is 11.4. The largest absolute Gasteiger partial charge is 0.295 e. The highest BCUT2D eigenvalue weighted by molar-refractivity contribution is 5.93. The molecule has 6 atom stereocenters. The fourth-order valence-electron chi connectivity index (χ4n) is 6.85. The molecule has 0 bridgehead atoms. The van der Waals surface area contributed by atoms with Gasteiger partial charge in [0.1, 0.15) is 0 Å². The Morgan fingerprint density at radius 1 is 1.21 bits per heavy atom. The van der Waals surface area contributed by atoms with Crippen molar-refractivity contribution in [1.29, 1.82) is 5.26 Å². The number of hydrogen-bond acceptors (Lipinski definition) is 2. The van der Waals surface area contributed by atoms with Crippen LogP contribution in [0.1, 0.15) is 58.8 Å². The molecule has 0 aliphatic heterocycles. The molecule has 0 aromatic heterocycles. The number of nitrogens with zero attached hydrogens (tertiary/aromatic N) is 1. The summed E-state index contributed by atoms with van der Waals surface area (Å²) in [4.78, 5) is 12.2. The first-order valence-corrected chi connectivity index (χ1v) is 9.48. The summed E-state index contributed by atoms with van der Waals surface area (Å²) in [5.74, 6) is 1.81. The highest BCUT2D eigenvalue weighted by atomic mass is 16.1. The van der Waals surface area contributed by atoms with E-state index in [0.29, 0.717) is 23.7 Å². The number of carbonyl (C=O) groups is 1. The molecule has 2 nitrogen and oxygen atoms in total. The van der Waals surface area contributed by atoms with Crippen molar-refractivity contribution >= 4 is 5.78 Å². The van der Waals surface area contributed by atoms with Gasteiger partial charge in [0.2, 0.25) is 0 Å². The molecule has 0 amide bonds. The first-order valence-electron chi connectivity index (χ1n) is 9.48. The predicted octanol–water partition coefficient (Wildman–Crippen LogP) is 4.98. The van der Waals surface area contributed by atoms with Gasteiger partial charge in [-0.2, -0.15) is 5.26 Å². The summed E-state index contributed by atoms with van der Waals surface area (Å²) in [6.45, 7) is 8.66. The van der Waals surface area contributed by atoms with E-state index in [1.54, 1.807) is 0 Å². The average molecular weight is 321 g/mol. The van der Waals surface area contributed by atoms with Crippen LogP contribution in [0.3, 0.4) is 0 Å². The van der Waals surface area contributed by atoms with Crippen LogP contribution in [0, 0.1) is 45.8 Å². The zero-order chi connectivity index (χ0) is 17.1. The lowest BCUT2D eigenvalue weighted by Crippen LogP contribution is -2.52. The molecule has 3 fully saturated rings. The van der Waals surface area contributed by atoms with Crippen LogP contribution in [-0.2, 0) is 4.79 Å². The van der Waals surface area contributed by atoms with Gasteiger partial charge in [0, 0.05) is 11.8 Å². The topological polar surface area (TPSA) is 40.9 Å². The third-order valence-electron chi connectivity index (χ3n) is 8.14. The highest BCUT2D eigenvalue weighted by Gasteiger charge is 2.60. The van der Waals surface area contributed by atoms with Crippen molar-refractivity contribution in [2.45, 2.75) is 58.8 Å². The number of rotatable bonds is 0.